The zero-order valence-electron chi connectivity index (χ0n) is 29.5. The summed E-state index contributed by atoms with van der Waals surface area (Å²) in [5.74, 6) is 1.23. The summed E-state index contributed by atoms with van der Waals surface area (Å²) in [6.07, 6.45) is 5.40. The van der Waals surface area contributed by atoms with E-state index >= 15 is 0 Å². The lowest BCUT2D eigenvalue weighted by Gasteiger charge is -2.54. The van der Waals surface area contributed by atoms with Crippen molar-refractivity contribution in [2.75, 3.05) is 19.7 Å². The minimum absolute atomic E-state index is 0.0666. The number of nitrogens with one attached hydrogen (secondary N) is 1. The Morgan fingerprint density at radius 1 is 0.882 bits per heavy atom. The number of hydrogen-bond donors (Lipinski definition) is 3. The maximum Gasteiger partial charge on any atom is 0.294 e. The maximum absolute atomic E-state index is 10.5. The molecule has 3 N–H and O–H groups in total. The molecule has 3 aliphatic rings. The Hall–Kier alpha value is -3.30. The molecular formula is C37H46ClN3O8S2. The van der Waals surface area contributed by atoms with Crippen molar-refractivity contribution in [1.82, 2.24) is 14.9 Å². The molecule has 2 fully saturated rings. The smallest absolute Gasteiger partial charge is 0.294 e. The number of aryl methyl sites for hydroxylation is 3. The van der Waals surface area contributed by atoms with Crippen LogP contribution in [0.25, 0.3) is 0 Å². The monoisotopic (exact) mass is 759 g/mol. The fourth-order valence-electron chi connectivity index (χ4n) is 6.85. The number of nitrogens with zero attached hydrogens (tertiary/aromatic N) is 2. The molecule has 0 unspecified atom stereocenters. The minimum Gasteiger partial charge on any atom is -0.487 e. The van der Waals surface area contributed by atoms with Crippen molar-refractivity contribution < 1.29 is 35.4 Å². The molecule has 2 atom stereocenters. The number of aromatic nitrogens is 2. The first kappa shape index (κ1) is 38.9. The SMILES string of the molecule is Cc1ccc(S(=O)(=O)O)cc1.Cc1ccc(S(=O)(=O)O)cc1.Cc1nc[nH]c1CN1CCC2(CC1)CO[C@@H]1c3ccc(Cl)cc3OC(C)(C)[C@H]1C2. The molecule has 0 saturated carbocycles. The molecule has 3 aliphatic heterocycles. The van der Waals surface area contributed by atoms with E-state index in [1.807, 2.05) is 26.0 Å². The number of halogens is 1. The highest BCUT2D eigenvalue weighted by Gasteiger charge is 2.52. The summed E-state index contributed by atoms with van der Waals surface area (Å²) in [5, 5.41) is 0.713. The first-order valence-corrected chi connectivity index (χ1v) is 20.0. The Kier molecular flexibility index (Phi) is 11.7. The molecular weight excluding hydrogens is 714 g/mol. The fourth-order valence-corrected chi connectivity index (χ4v) is 7.97. The van der Waals surface area contributed by atoms with Crippen LogP contribution in [-0.2, 0) is 31.5 Å². The highest BCUT2D eigenvalue weighted by Crippen LogP contribution is 2.55. The molecule has 1 spiro atoms. The number of benzene rings is 3. The van der Waals surface area contributed by atoms with Crippen molar-refractivity contribution in [3.63, 3.8) is 0 Å². The Labute approximate surface area is 305 Å². The van der Waals surface area contributed by atoms with Crippen LogP contribution in [0.4, 0.5) is 0 Å². The van der Waals surface area contributed by atoms with Crippen molar-refractivity contribution in [2.45, 2.75) is 81.9 Å². The van der Waals surface area contributed by atoms with Gasteiger partial charge >= 0.3 is 0 Å². The zero-order chi connectivity index (χ0) is 37.2. The molecule has 1 aromatic heterocycles. The molecule has 4 heterocycles. The maximum atomic E-state index is 10.5. The first-order valence-electron chi connectivity index (χ1n) is 16.7. The lowest BCUT2D eigenvalue weighted by molar-refractivity contribution is -0.174. The first-order chi connectivity index (χ1) is 23.8. The predicted molar refractivity (Wildman–Crippen MR) is 195 cm³/mol. The number of ether oxygens (including phenoxy) is 2. The normalized spacial score (nSPS) is 20.8. The number of H-pyrrole nitrogens is 1. The molecule has 51 heavy (non-hydrogen) atoms. The molecule has 3 aromatic carbocycles. The number of rotatable bonds is 4. The summed E-state index contributed by atoms with van der Waals surface area (Å²) < 4.78 is 72.1. The van der Waals surface area contributed by atoms with Crippen LogP contribution in [0.1, 0.15) is 67.3 Å². The number of hydrogen-bond acceptors (Lipinski definition) is 8. The van der Waals surface area contributed by atoms with Gasteiger partial charge in [0.05, 0.1) is 40.2 Å². The Morgan fingerprint density at radius 2 is 1.43 bits per heavy atom. The molecule has 0 radical (unpaired) electrons. The van der Waals surface area contributed by atoms with Gasteiger partial charge in [-0.15, -0.1) is 0 Å². The van der Waals surface area contributed by atoms with Crippen LogP contribution in [0, 0.1) is 32.1 Å². The molecule has 11 nitrogen and oxygen atoms in total. The largest absolute Gasteiger partial charge is 0.487 e. The third-order valence-electron chi connectivity index (χ3n) is 10.0. The highest BCUT2D eigenvalue weighted by molar-refractivity contribution is 7.86. The quantitative estimate of drug-likeness (QED) is 0.179. The van der Waals surface area contributed by atoms with Gasteiger partial charge in [-0.1, -0.05) is 53.1 Å². The van der Waals surface area contributed by atoms with Crippen molar-refractivity contribution in [2.24, 2.45) is 11.3 Å². The molecule has 2 saturated heterocycles. The molecule has 0 aliphatic carbocycles. The van der Waals surface area contributed by atoms with E-state index in [9.17, 15) is 16.8 Å². The standard InChI is InChI=1S/C23H30ClN3O2.2C7H8O3S/c1-15-19(26-14-25-15)12-27-8-6-23(7-9-27)11-18-21(28-13-23)17-5-4-16(24)10-20(17)29-22(18,2)3;2*1-6-2-4-7(5-3-6)11(8,9)10/h4-5,10,14,18,21H,6-9,11-13H2,1-3H3,(H,25,26);2*2-5H,1H3,(H,8,9,10)/t18-,21+;;/m0../s1. The summed E-state index contributed by atoms with van der Waals surface area (Å²) in [4.78, 5) is 10.0. The second kappa shape index (κ2) is 15.4. The van der Waals surface area contributed by atoms with E-state index in [-0.39, 0.29) is 26.9 Å². The van der Waals surface area contributed by atoms with Gasteiger partial charge in [0.15, 0.2) is 0 Å². The van der Waals surface area contributed by atoms with E-state index < -0.39 is 20.2 Å². The third kappa shape index (κ3) is 9.78. The van der Waals surface area contributed by atoms with E-state index in [1.165, 1.54) is 42.8 Å². The highest BCUT2D eigenvalue weighted by atomic mass is 35.5. The number of imidazole rings is 1. The van der Waals surface area contributed by atoms with Crippen LogP contribution >= 0.6 is 11.6 Å². The van der Waals surface area contributed by atoms with Crippen molar-refractivity contribution in [3.05, 3.63) is 106 Å². The summed E-state index contributed by atoms with van der Waals surface area (Å²) in [7, 11) is -8.04. The average molecular weight is 760 g/mol. The van der Waals surface area contributed by atoms with Gasteiger partial charge in [0.2, 0.25) is 0 Å². The predicted octanol–water partition coefficient (Wildman–Crippen LogP) is 7.39. The van der Waals surface area contributed by atoms with Crippen LogP contribution in [0.3, 0.4) is 0 Å². The Balaban J connectivity index is 0.000000188. The van der Waals surface area contributed by atoms with Gasteiger partial charge in [-0.05, 0) is 109 Å². The van der Waals surface area contributed by atoms with Crippen LogP contribution in [0.15, 0.2) is 82.8 Å². The summed E-state index contributed by atoms with van der Waals surface area (Å²) in [6, 6.07) is 17.9. The van der Waals surface area contributed by atoms with Crippen LogP contribution in [0.5, 0.6) is 5.75 Å². The number of fused-ring (bicyclic) bond motifs is 3. The summed E-state index contributed by atoms with van der Waals surface area (Å²) in [5.41, 5.74) is 5.40. The van der Waals surface area contributed by atoms with Gasteiger partial charge in [0.1, 0.15) is 11.4 Å². The van der Waals surface area contributed by atoms with Crippen molar-refractivity contribution >= 4 is 31.8 Å². The van der Waals surface area contributed by atoms with Gasteiger partial charge in [-0.3, -0.25) is 14.0 Å². The summed E-state index contributed by atoms with van der Waals surface area (Å²) >= 11 is 6.20. The summed E-state index contributed by atoms with van der Waals surface area (Å²) in [6.45, 7) is 14.2. The second-order valence-corrected chi connectivity index (χ2v) is 17.5. The van der Waals surface area contributed by atoms with Crippen LogP contribution < -0.4 is 4.74 Å². The average Bonchev–Trinajstić information content (AvgIpc) is 3.46. The molecule has 276 valence electrons. The van der Waals surface area contributed by atoms with E-state index in [4.69, 9.17) is 30.2 Å². The van der Waals surface area contributed by atoms with Crippen molar-refractivity contribution in [3.8, 4) is 5.75 Å². The van der Waals surface area contributed by atoms with Crippen LogP contribution in [0.2, 0.25) is 5.02 Å². The van der Waals surface area contributed by atoms with E-state index in [0.717, 1.165) is 60.8 Å². The van der Waals surface area contributed by atoms with E-state index in [1.54, 1.807) is 30.6 Å². The zero-order valence-corrected chi connectivity index (χ0v) is 31.9. The van der Waals surface area contributed by atoms with E-state index in [2.05, 4.69) is 41.7 Å². The van der Waals surface area contributed by atoms with Crippen molar-refractivity contribution in [1.29, 1.82) is 0 Å². The van der Waals surface area contributed by atoms with Gasteiger partial charge in [-0.2, -0.15) is 16.8 Å². The minimum atomic E-state index is -4.02. The number of aromatic amines is 1. The second-order valence-electron chi connectivity index (χ2n) is 14.2. The topological polar surface area (TPSA) is 159 Å². The van der Waals surface area contributed by atoms with Gasteiger partial charge in [-0.25, -0.2) is 4.98 Å². The molecule has 14 heteroatoms. The fraction of sp³-hybridized carbons (Fsp3) is 0.432. The Bertz CT molecular complexity index is 1950. The molecule has 0 amide bonds. The molecule has 7 rings (SSSR count). The lowest BCUT2D eigenvalue weighted by Crippen LogP contribution is -2.54. The van der Waals surface area contributed by atoms with Gasteiger partial charge in [0, 0.05) is 23.0 Å². The van der Waals surface area contributed by atoms with Crippen LogP contribution in [-0.4, -0.2) is 66.1 Å². The van der Waals surface area contributed by atoms with Gasteiger partial charge in [0.25, 0.3) is 20.2 Å². The Morgan fingerprint density at radius 3 is 1.92 bits per heavy atom. The van der Waals surface area contributed by atoms with E-state index in [0.29, 0.717) is 10.9 Å². The number of likely N-dealkylation sites (tertiary alicyclic amines) is 1. The third-order valence-corrected chi connectivity index (χ3v) is 12.0. The molecule has 4 aromatic rings. The number of piperidine rings is 1. The lowest BCUT2D eigenvalue weighted by atomic mass is 9.64. The van der Waals surface area contributed by atoms with Gasteiger partial charge < -0.3 is 14.5 Å². The molecule has 0 bridgehead atoms.